The van der Waals surface area contributed by atoms with Crippen LogP contribution in [0.25, 0.3) is 75.5 Å². The molecule has 44 heavy (non-hydrogen) atoms. The highest BCUT2D eigenvalue weighted by molar-refractivity contribution is 7.19. The monoisotopic (exact) mass is 578 g/mol. The van der Waals surface area contributed by atoms with Crippen molar-refractivity contribution in [2.45, 2.75) is 19.3 Å². The van der Waals surface area contributed by atoms with Crippen molar-refractivity contribution < 1.29 is 0 Å². The molecule has 0 aliphatic heterocycles. The molecule has 9 rings (SSSR count). The van der Waals surface area contributed by atoms with E-state index in [1.807, 2.05) is 11.3 Å². The molecule has 1 aliphatic rings. The van der Waals surface area contributed by atoms with Gasteiger partial charge < -0.3 is 0 Å². The van der Waals surface area contributed by atoms with Crippen molar-refractivity contribution in [3.63, 3.8) is 0 Å². The van der Waals surface area contributed by atoms with Gasteiger partial charge in [-0.3, -0.25) is 0 Å². The maximum atomic E-state index is 2.48. The minimum absolute atomic E-state index is 0.0707. The first-order chi connectivity index (χ1) is 21.6. The Morgan fingerprint density at radius 1 is 0.432 bits per heavy atom. The third-order valence-corrected chi connectivity index (χ3v) is 10.9. The number of hydrogen-bond acceptors (Lipinski definition) is 1. The Hall–Kier alpha value is -4.98. The molecule has 0 bridgehead atoms. The first kappa shape index (κ1) is 25.5. The van der Waals surface area contributed by atoms with E-state index < -0.39 is 0 Å². The standard InChI is InChI=1S/C43H30S/c1-43(2)37-25-29(23-24-36(37)42-38(43)26-39(44-42)28-14-4-3-5-15-28)40-32-18-8-10-20-34(32)41(35-21-11-9-19-33(35)40)31-22-12-16-27-13-6-7-17-30(27)31/h3-26H,1-2H3. The molecule has 0 N–H and O–H groups in total. The Labute approximate surface area is 261 Å². The van der Waals surface area contributed by atoms with Crippen molar-refractivity contribution in [3.8, 4) is 43.1 Å². The van der Waals surface area contributed by atoms with E-state index in [1.54, 1.807) is 0 Å². The normalized spacial score (nSPS) is 13.4. The summed E-state index contributed by atoms with van der Waals surface area (Å²) in [6.45, 7) is 4.78. The molecule has 0 nitrogen and oxygen atoms in total. The van der Waals surface area contributed by atoms with Gasteiger partial charge in [-0.15, -0.1) is 11.3 Å². The summed E-state index contributed by atoms with van der Waals surface area (Å²) < 4.78 is 0. The average Bonchev–Trinajstić information content (AvgIpc) is 3.61. The van der Waals surface area contributed by atoms with Crippen molar-refractivity contribution in [2.75, 3.05) is 0 Å². The number of benzene rings is 7. The van der Waals surface area contributed by atoms with Crippen LogP contribution < -0.4 is 0 Å². The van der Waals surface area contributed by atoms with Gasteiger partial charge >= 0.3 is 0 Å². The molecule has 0 atom stereocenters. The van der Waals surface area contributed by atoms with Crippen LogP contribution in [0.3, 0.4) is 0 Å². The van der Waals surface area contributed by atoms with Gasteiger partial charge in [0.1, 0.15) is 0 Å². The second-order valence-electron chi connectivity index (χ2n) is 12.5. The minimum Gasteiger partial charge on any atom is -0.135 e. The Bertz CT molecular complexity index is 2340. The molecule has 0 saturated heterocycles. The zero-order chi connectivity index (χ0) is 29.4. The van der Waals surface area contributed by atoms with Gasteiger partial charge in [-0.2, -0.15) is 0 Å². The van der Waals surface area contributed by atoms with Crippen LogP contribution in [0.1, 0.15) is 25.0 Å². The van der Waals surface area contributed by atoms with Crippen molar-refractivity contribution >= 4 is 43.7 Å². The topological polar surface area (TPSA) is 0 Å². The average molecular weight is 579 g/mol. The molecule has 7 aromatic carbocycles. The van der Waals surface area contributed by atoms with E-state index >= 15 is 0 Å². The SMILES string of the molecule is CC1(C)c2cc(-c3c4ccccc4c(-c4cccc5ccccc45)c4ccccc34)ccc2-c2sc(-c3ccccc3)cc21. The number of thiophene rings is 1. The van der Waals surface area contributed by atoms with Crippen molar-refractivity contribution in [3.05, 3.63) is 157 Å². The minimum atomic E-state index is -0.0707. The van der Waals surface area contributed by atoms with Crippen LogP contribution >= 0.6 is 11.3 Å². The van der Waals surface area contributed by atoms with Crippen molar-refractivity contribution in [1.29, 1.82) is 0 Å². The molecule has 1 aliphatic carbocycles. The predicted molar refractivity (Wildman–Crippen MR) is 191 cm³/mol. The summed E-state index contributed by atoms with van der Waals surface area (Å²) in [5.74, 6) is 0. The van der Waals surface area contributed by atoms with Gasteiger partial charge in [0.05, 0.1) is 0 Å². The molecular weight excluding hydrogens is 549 g/mol. The summed E-state index contributed by atoms with van der Waals surface area (Å²) in [4.78, 5) is 2.76. The van der Waals surface area contributed by atoms with E-state index in [-0.39, 0.29) is 5.41 Å². The highest BCUT2D eigenvalue weighted by Crippen LogP contribution is 2.55. The highest BCUT2D eigenvalue weighted by Gasteiger charge is 2.38. The molecule has 0 unspecified atom stereocenters. The molecule has 0 radical (unpaired) electrons. The van der Waals surface area contributed by atoms with E-state index in [0.717, 1.165) is 0 Å². The maximum absolute atomic E-state index is 2.48. The fraction of sp³-hybridized carbons (Fsp3) is 0.0698. The first-order valence-corrected chi connectivity index (χ1v) is 16.2. The summed E-state index contributed by atoms with van der Waals surface area (Å²) in [6.07, 6.45) is 0. The Morgan fingerprint density at radius 3 is 1.73 bits per heavy atom. The van der Waals surface area contributed by atoms with Gasteiger partial charge in [0.15, 0.2) is 0 Å². The molecule has 1 heteroatoms. The molecule has 0 fully saturated rings. The van der Waals surface area contributed by atoms with E-state index in [4.69, 9.17) is 0 Å². The molecule has 0 spiro atoms. The van der Waals surface area contributed by atoms with Crippen molar-refractivity contribution in [2.24, 2.45) is 0 Å². The quantitative estimate of drug-likeness (QED) is 0.183. The molecule has 208 valence electrons. The van der Waals surface area contributed by atoms with Crippen LogP contribution in [0.15, 0.2) is 146 Å². The predicted octanol–water partition coefficient (Wildman–Crippen LogP) is 12.5. The molecule has 1 aromatic heterocycles. The number of rotatable bonds is 3. The van der Waals surface area contributed by atoms with Crippen molar-refractivity contribution in [1.82, 2.24) is 0 Å². The number of fused-ring (bicyclic) bond motifs is 6. The molecule has 0 amide bonds. The molecule has 0 saturated carbocycles. The lowest BCUT2D eigenvalue weighted by atomic mass is 9.80. The fourth-order valence-corrected chi connectivity index (χ4v) is 8.90. The third kappa shape index (κ3) is 3.63. The summed E-state index contributed by atoms with van der Waals surface area (Å²) in [5, 5.41) is 7.74. The summed E-state index contributed by atoms with van der Waals surface area (Å²) in [5.41, 5.74) is 10.7. The van der Waals surface area contributed by atoms with E-state index in [2.05, 4.69) is 159 Å². The van der Waals surface area contributed by atoms with Gasteiger partial charge in [0, 0.05) is 15.2 Å². The Balaban J connectivity index is 1.29. The second kappa shape index (κ2) is 9.51. The first-order valence-electron chi connectivity index (χ1n) is 15.4. The smallest absolute Gasteiger partial charge is 0.0393 e. The van der Waals surface area contributed by atoms with Crippen LogP contribution in [-0.4, -0.2) is 0 Å². The van der Waals surface area contributed by atoms with E-state index in [1.165, 1.54) is 86.6 Å². The zero-order valence-corrected chi connectivity index (χ0v) is 25.6. The van der Waals surface area contributed by atoms with E-state index in [9.17, 15) is 0 Å². The largest absolute Gasteiger partial charge is 0.135 e. The lowest BCUT2D eigenvalue weighted by Gasteiger charge is -2.23. The number of hydrogen-bond donors (Lipinski definition) is 0. The van der Waals surface area contributed by atoms with Gasteiger partial charge in [-0.25, -0.2) is 0 Å². The molecular formula is C43H30S. The van der Waals surface area contributed by atoms with Crippen LogP contribution in [0, 0.1) is 0 Å². The summed E-state index contributed by atoms with van der Waals surface area (Å²) in [6, 6.07) is 53.9. The lowest BCUT2D eigenvalue weighted by Crippen LogP contribution is -2.14. The molecule has 1 heterocycles. The van der Waals surface area contributed by atoms with Gasteiger partial charge in [0.2, 0.25) is 0 Å². The second-order valence-corrected chi connectivity index (χ2v) is 13.5. The van der Waals surface area contributed by atoms with Gasteiger partial charge in [0.25, 0.3) is 0 Å². The Kier molecular flexibility index (Phi) is 5.51. The lowest BCUT2D eigenvalue weighted by molar-refractivity contribution is 0.662. The summed E-state index contributed by atoms with van der Waals surface area (Å²) in [7, 11) is 0. The summed E-state index contributed by atoms with van der Waals surface area (Å²) >= 11 is 1.93. The van der Waals surface area contributed by atoms with E-state index in [0.29, 0.717) is 0 Å². The third-order valence-electron chi connectivity index (χ3n) is 9.68. The van der Waals surface area contributed by atoms with Crippen LogP contribution in [0.5, 0.6) is 0 Å². The van der Waals surface area contributed by atoms with Crippen LogP contribution in [0.4, 0.5) is 0 Å². The highest BCUT2D eigenvalue weighted by atomic mass is 32.1. The Morgan fingerprint density at radius 2 is 1.02 bits per heavy atom. The molecule has 8 aromatic rings. The zero-order valence-electron chi connectivity index (χ0n) is 24.8. The maximum Gasteiger partial charge on any atom is 0.0393 e. The van der Waals surface area contributed by atoms with Crippen LogP contribution in [0.2, 0.25) is 0 Å². The van der Waals surface area contributed by atoms with Crippen LogP contribution in [-0.2, 0) is 5.41 Å². The van der Waals surface area contributed by atoms with Gasteiger partial charge in [-0.1, -0.05) is 147 Å². The van der Waals surface area contributed by atoms with Gasteiger partial charge in [-0.05, 0) is 89.0 Å². The fourth-order valence-electron chi connectivity index (χ4n) is 7.53.